The van der Waals surface area contributed by atoms with Crippen LogP contribution in [0.25, 0.3) is 0 Å². The first-order valence-electron chi connectivity index (χ1n) is 10.6. The fraction of sp³-hybridized carbons (Fsp3) is 0.478. The normalized spacial score (nSPS) is 15.9. The molecule has 170 valence electrons. The maximum Gasteiger partial charge on any atom is 0.242 e. The molecule has 1 aliphatic heterocycles. The molecule has 31 heavy (non-hydrogen) atoms. The summed E-state index contributed by atoms with van der Waals surface area (Å²) < 4.78 is 36.5. The molecule has 0 bridgehead atoms. The molecular formula is C23H33N3O4S. The van der Waals surface area contributed by atoms with Gasteiger partial charge in [0.15, 0.2) is 0 Å². The zero-order valence-electron chi connectivity index (χ0n) is 18.7. The van der Waals surface area contributed by atoms with Gasteiger partial charge in [-0.25, -0.2) is 12.7 Å². The molecule has 1 fully saturated rings. The predicted molar refractivity (Wildman–Crippen MR) is 122 cm³/mol. The monoisotopic (exact) mass is 447 g/mol. The number of rotatable bonds is 10. The quantitative estimate of drug-likeness (QED) is 0.556. The van der Waals surface area contributed by atoms with Crippen LogP contribution in [0.5, 0.6) is 11.5 Å². The summed E-state index contributed by atoms with van der Waals surface area (Å²) in [4.78, 5) is 5.19. The lowest BCUT2D eigenvalue weighted by Crippen LogP contribution is -2.47. The first-order chi connectivity index (χ1) is 14.9. The summed E-state index contributed by atoms with van der Waals surface area (Å²) in [6.07, 6.45) is 1.05. The summed E-state index contributed by atoms with van der Waals surface area (Å²) in [5.41, 5.74) is 1.33. The van der Waals surface area contributed by atoms with Gasteiger partial charge in [0.05, 0.1) is 12.0 Å². The topological polar surface area (TPSA) is 62.3 Å². The van der Waals surface area contributed by atoms with E-state index in [0.29, 0.717) is 12.4 Å². The summed E-state index contributed by atoms with van der Waals surface area (Å²) in [6, 6.07) is 14.9. The Kier molecular flexibility index (Phi) is 8.31. The van der Waals surface area contributed by atoms with E-state index < -0.39 is 10.0 Å². The summed E-state index contributed by atoms with van der Waals surface area (Å²) in [5.74, 6) is 1.59. The van der Waals surface area contributed by atoms with Crippen molar-refractivity contribution in [3.05, 3.63) is 54.1 Å². The Morgan fingerprint density at radius 3 is 1.94 bits per heavy atom. The maximum absolute atomic E-state index is 12.1. The third kappa shape index (κ3) is 6.67. The molecule has 0 aromatic heterocycles. The van der Waals surface area contributed by atoms with Crippen LogP contribution in [-0.2, 0) is 16.4 Å². The minimum atomic E-state index is -3.40. The van der Waals surface area contributed by atoms with Crippen molar-refractivity contribution < 1.29 is 17.9 Å². The fourth-order valence-electron chi connectivity index (χ4n) is 3.53. The average molecular weight is 448 g/mol. The minimum Gasteiger partial charge on any atom is -0.497 e. The summed E-state index contributed by atoms with van der Waals surface area (Å²) >= 11 is 0. The number of sulfonamides is 1. The molecule has 0 saturated carbocycles. The zero-order chi connectivity index (χ0) is 22.3. The van der Waals surface area contributed by atoms with Gasteiger partial charge >= 0.3 is 0 Å². The first-order valence-corrected chi connectivity index (χ1v) is 12.1. The lowest BCUT2D eigenvalue weighted by Gasteiger charge is -2.34. The Morgan fingerprint density at radius 1 is 0.839 bits per heavy atom. The van der Waals surface area contributed by atoms with E-state index in [2.05, 4.69) is 21.9 Å². The van der Waals surface area contributed by atoms with Gasteiger partial charge in [0, 0.05) is 53.4 Å². The number of nitrogens with zero attached hydrogens (tertiary/aromatic N) is 3. The predicted octanol–water partition coefficient (Wildman–Crippen LogP) is 2.18. The Morgan fingerprint density at radius 2 is 1.39 bits per heavy atom. The molecule has 2 aromatic carbocycles. The van der Waals surface area contributed by atoms with Crippen LogP contribution in [0.4, 0.5) is 0 Å². The molecular weight excluding hydrogens is 414 g/mol. The molecule has 7 nitrogen and oxygen atoms in total. The molecule has 3 rings (SSSR count). The van der Waals surface area contributed by atoms with E-state index in [4.69, 9.17) is 9.47 Å². The van der Waals surface area contributed by atoms with Gasteiger partial charge in [0.25, 0.3) is 0 Å². The lowest BCUT2D eigenvalue weighted by molar-refractivity contribution is 0.118. The zero-order valence-corrected chi connectivity index (χ0v) is 19.5. The Balaban J connectivity index is 1.35. The highest BCUT2D eigenvalue weighted by Gasteiger charge is 2.18. The number of piperazine rings is 1. The molecule has 2 aromatic rings. The molecule has 0 N–H and O–H groups in total. The van der Waals surface area contributed by atoms with Crippen LogP contribution in [0.3, 0.4) is 0 Å². The first kappa shape index (κ1) is 23.5. The third-order valence-corrected chi connectivity index (χ3v) is 7.45. The molecule has 0 atom stereocenters. The van der Waals surface area contributed by atoms with Gasteiger partial charge in [-0.05, 0) is 48.4 Å². The second-order valence-corrected chi connectivity index (χ2v) is 10.0. The van der Waals surface area contributed by atoms with Gasteiger partial charge in [0.2, 0.25) is 10.0 Å². The van der Waals surface area contributed by atoms with Crippen molar-refractivity contribution in [3.63, 3.8) is 0 Å². The largest absolute Gasteiger partial charge is 0.497 e. The van der Waals surface area contributed by atoms with Crippen LogP contribution in [-0.4, -0.2) is 89.6 Å². The molecule has 0 aliphatic carbocycles. The Labute approximate surface area is 186 Å². The Hall–Kier alpha value is -2.13. The molecule has 0 spiro atoms. The van der Waals surface area contributed by atoms with Crippen molar-refractivity contribution in [2.45, 2.75) is 11.3 Å². The highest BCUT2D eigenvalue weighted by atomic mass is 32.2. The van der Waals surface area contributed by atoms with Crippen molar-refractivity contribution in [1.29, 1.82) is 0 Å². The molecule has 0 amide bonds. The van der Waals surface area contributed by atoms with E-state index in [1.165, 1.54) is 24.0 Å². The van der Waals surface area contributed by atoms with Crippen LogP contribution in [0.1, 0.15) is 5.56 Å². The average Bonchev–Trinajstić information content (AvgIpc) is 2.79. The Bertz CT molecular complexity index is 907. The third-order valence-electron chi connectivity index (χ3n) is 5.62. The van der Waals surface area contributed by atoms with Crippen molar-refractivity contribution in [3.8, 4) is 11.5 Å². The minimum absolute atomic E-state index is 0.274. The van der Waals surface area contributed by atoms with Crippen LogP contribution < -0.4 is 9.47 Å². The highest BCUT2D eigenvalue weighted by molar-refractivity contribution is 7.89. The van der Waals surface area contributed by atoms with E-state index in [9.17, 15) is 8.42 Å². The van der Waals surface area contributed by atoms with E-state index >= 15 is 0 Å². The van der Waals surface area contributed by atoms with Crippen molar-refractivity contribution in [1.82, 2.24) is 14.1 Å². The molecule has 0 unspecified atom stereocenters. The summed E-state index contributed by atoms with van der Waals surface area (Å²) in [6.45, 7) is 6.72. The van der Waals surface area contributed by atoms with Gasteiger partial charge in [-0.3, -0.25) is 4.90 Å². The van der Waals surface area contributed by atoms with Crippen LogP contribution >= 0.6 is 0 Å². The lowest BCUT2D eigenvalue weighted by atomic mass is 10.1. The summed E-state index contributed by atoms with van der Waals surface area (Å²) in [7, 11) is 1.34. The van der Waals surface area contributed by atoms with Crippen molar-refractivity contribution in [2.24, 2.45) is 0 Å². The van der Waals surface area contributed by atoms with Gasteiger partial charge in [0.1, 0.15) is 18.1 Å². The van der Waals surface area contributed by atoms with Crippen LogP contribution in [0, 0.1) is 0 Å². The second-order valence-electron chi connectivity index (χ2n) is 7.89. The molecule has 1 aliphatic rings. The fourth-order valence-corrected chi connectivity index (χ4v) is 4.43. The van der Waals surface area contributed by atoms with Gasteiger partial charge in [-0.15, -0.1) is 0 Å². The molecule has 8 heteroatoms. The number of benzene rings is 2. The smallest absolute Gasteiger partial charge is 0.242 e. The van der Waals surface area contributed by atoms with Crippen LogP contribution in [0.15, 0.2) is 53.4 Å². The molecule has 0 radical (unpaired) electrons. The van der Waals surface area contributed by atoms with Crippen LogP contribution in [0.2, 0.25) is 0 Å². The number of hydrogen-bond donors (Lipinski definition) is 0. The van der Waals surface area contributed by atoms with Crippen molar-refractivity contribution in [2.75, 3.05) is 67.1 Å². The summed E-state index contributed by atoms with van der Waals surface area (Å²) in [5, 5.41) is 0. The van der Waals surface area contributed by atoms with E-state index in [1.54, 1.807) is 31.4 Å². The number of methoxy groups -OCH3 is 1. The van der Waals surface area contributed by atoms with Crippen molar-refractivity contribution >= 4 is 10.0 Å². The van der Waals surface area contributed by atoms with E-state index in [-0.39, 0.29) is 4.90 Å². The SMILES string of the molecule is COc1ccc(CCN2CCN(CCOc3ccc(S(=O)(=O)N(C)C)cc3)CC2)cc1. The highest BCUT2D eigenvalue weighted by Crippen LogP contribution is 2.18. The second kappa shape index (κ2) is 10.9. The van der Waals surface area contributed by atoms with E-state index in [0.717, 1.165) is 51.4 Å². The standard InChI is InChI=1S/C23H33N3O4S/c1-24(2)31(27,28)23-10-8-22(9-11-23)30-19-18-26-16-14-25(15-17-26)13-12-20-4-6-21(29-3)7-5-20/h4-11H,12-19H2,1-3H3. The maximum atomic E-state index is 12.1. The van der Waals surface area contributed by atoms with E-state index in [1.807, 2.05) is 12.1 Å². The molecule has 1 heterocycles. The number of hydrogen-bond acceptors (Lipinski definition) is 6. The number of ether oxygens (including phenoxy) is 2. The van der Waals surface area contributed by atoms with Gasteiger partial charge in [-0.1, -0.05) is 12.1 Å². The van der Waals surface area contributed by atoms with Gasteiger partial charge in [-0.2, -0.15) is 0 Å². The molecule has 1 saturated heterocycles. The van der Waals surface area contributed by atoms with Gasteiger partial charge < -0.3 is 14.4 Å².